The van der Waals surface area contributed by atoms with Crippen molar-refractivity contribution < 1.29 is 0 Å². The van der Waals surface area contributed by atoms with Crippen LogP contribution in [0.5, 0.6) is 0 Å². The first-order valence-corrected chi connectivity index (χ1v) is 6.18. The summed E-state index contributed by atoms with van der Waals surface area (Å²) in [6.07, 6.45) is 5.45. The van der Waals surface area contributed by atoms with E-state index in [4.69, 9.17) is 6.42 Å². The summed E-state index contributed by atoms with van der Waals surface area (Å²) in [5.74, 6) is 2.74. The Morgan fingerprint density at radius 2 is 2.12 bits per heavy atom. The summed E-state index contributed by atoms with van der Waals surface area (Å²) in [5, 5.41) is 6.90. The van der Waals surface area contributed by atoms with Crippen molar-refractivity contribution >= 4 is 21.4 Å². The maximum atomic E-state index is 5.45. The fourth-order valence-corrected chi connectivity index (χ4v) is 2.50. The predicted molar refractivity (Wildman–Crippen MR) is 71.6 cm³/mol. The van der Waals surface area contributed by atoms with Crippen LogP contribution in [0.25, 0.3) is 10.1 Å². The molecule has 0 atom stereocenters. The van der Waals surface area contributed by atoms with Crippen molar-refractivity contribution in [2.75, 3.05) is 0 Å². The molecule has 2 heteroatoms. The van der Waals surface area contributed by atoms with Gasteiger partial charge in [-0.25, -0.2) is 0 Å². The van der Waals surface area contributed by atoms with Gasteiger partial charge in [0.1, 0.15) is 0 Å². The highest BCUT2D eigenvalue weighted by molar-refractivity contribution is 7.17. The zero-order valence-electron chi connectivity index (χ0n) is 9.58. The minimum absolute atomic E-state index is 0.247. The second-order valence-electron chi connectivity index (χ2n) is 4.38. The number of rotatable bonds is 3. The quantitative estimate of drug-likeness (QED) is 0.795. The van der Waals surface area contributed by atoms with E-state index in [1.54, 1.807) is 11.3 Å². The van der Waals surface area contributed by atoms with Crippen molar-refractivity contribution in [1.82, 2.24) is 5.32 Å². The van der Waals surface area contributed by atoms with Crippen LogP contribution in [0, 0.1) is 12.3 Å². The standard InChI is InChI=1S/C14H15NS/c1-4-14(2,3)15-9-11-10-16-13-8-6-5-7-12(11)13/h1,5-8,10,15H,9H2,2-3H3. The molecule has 1 aromatic carbocycles. The van der Waals surface area contributed by atoms with Crippen molar-refractivity contribution in [3.05, 3.63) is 35.2 Å². The van der Waals surface area contributed by atoms with Crippen LogP contribution in [0.4, 0.5) is 0 Å². The van der Waals surface area contributed by atoms with E-state index in [1.807, 2.05) is 13.8 Å². The second kappa shape index (κ2) is 4.29. The Balaban J connectivity index is 2.20. The number of nitrogens with one attached hydrogen (secondary N) is 1. The molecule has 1 nitrogen and oxygen atoms in total. The third-order valence-corrected chi connectivity index (χ3v) is 3.66. The van der Waals surface area contributed by atoms with Gasteiger partial charge in [0, 0.05) is 11.2 Å². The summed E-state index contributed by atoms with van der Waals surface area (Å²) in [4.78, 5) is 0. The van der Waals surface area contributed by atoms with Gasteiger partial charge < -0.3 is 0 Å². The molecule has 0 fully saturated rings. The van der Waals surface area contributed by atoms with Crippen LogP contribution in [0.1, 0.15) is 19.4 Å². The first-order valence-electron chi connectivity index (χ1n) is 5.30. The summed E-state index contributed by atoms with van der Waals surface area (Å²) in [5.41, 5.74) is 1.08. The maximum absolute atomic E-state index is 5.45. The number of thiophene rings is 1. The number of benzene rings is 1. The molecule has 82 valence electrons. The highest BCUT2D eigenvalue weighted by Gasteiger charge is 2.13. The molecule has 16 heavy (non-hydrogen) atoms. The fourth-order valence-electron chi connectivity index (χ4n) is 1.54. The molecule has 0 saturated carbocycles. The summed E-state index contributed by atoms with van der Waals surface area (Å²) >= 11 is 1.78. The lowest BCUT2D eigenvalue weighted by Gasteiger charge is -2.19. The third-order valence-electron chi connectivity index (χ3n) is 2.64. The Bertz CT molecular complexity index is 531. The molecule has 0 aliphatic rings. The molecule has 1 N–H and O–H groups in total. The number of hydrogen-bond donors (Lipinski definition) is 1. The Hall–Kier alpha value is -1.30. The van der Waals surface area contributed by atoms with Gasteiger partial charge in [-0.15, -0.1) is 17.8 Å². The minimum atomic E-state index is -0.247. The second-order valence-corrected chi connectivity index (χ2v) is 5.29. The van der Waals surface area contributed by atoms with E-state index in [-0.39, 0.29) is 5.54 Å². The summed E-state index contributed by atoms with van der Waals surface area (Å²) < 4.78 is 1.33. The molecule has 0 aliphatic carbocycles. The molecule has 2 aromatic rings. The third kappa shape index (κ3) is 2.27. The molecule has 0 amide bonds. The number of hydrogen-bond acceptors (Lipinski definition) is 2. The average Bonchev–Trinajstić information content (AvgIpc) is 2.70. The summed E-state index contributed by atoms with van der Waals surface area (Å²) in [6.45, 7) is 4.85. The van der Waals surface area contributed by atoms with E-state index < -0.39 is 0 Å². The van der Waals surface area contributed by atoms with E-state index in [0.29, 0.717) is 0 Å². The fraction of sp³-hybridized carbons (Fsp3) is 0.286. The molecule has 2 rings (SSSR count). The molecule has 1 aromatic heterocycles. The molecule has 0 spiro atoms. The minimum Gasteiger partial charge on any atom is -0.297 e. The van der Waals surface area contributed by atoms with Crippen molar-refractivity contribution in [1.29, 1.82) is 0 Å². The van der Waals surface area contributed by atoms with Crippen LogP contribution in [0.3, 0.4) is 0 Å². The van der Waals surface area contributed by atoms with E-state index in [1.165, 1.54) is 15.6 Å². The van der Waals surface area contributed by atoms with Crippen molar-refractivity contribution in [2.24, 2.45) is 0 Å². The Morgan fingerprint density at radius 3 is 2.88 bits per heavy atom. The lowest BCUT2D eigenvalue weighted by Crippen LogP contribution is -2.36. The van der Waals surface area contributed by atoms with Gasteiger partial charge in [-0.1, -0.05) is 24.1 Å². The van der Waals surface area contributed by atoms with Gasteiger partial charge in [0.2, 0.25) is 0 Å². The molecule has 0 saturated heterocycles. The monoisotopic (exact) mass is 229 g/mol. The Morgan fingerprint density at radius 1 is 1.38 bits per heavy atom. The topological polar surface area (TPSA) is 12.0 Å². The highest BCUT2D eigenvalue weighted by Crippen LogP contribution is 2.25. The van der Waals surface area contributed by atoms with Gasteiger partial charge in [0.15, 0.2) is 0 Å². The van der Waals surface area contributed by atoms with Crippen LogP contribution < -0.4 is 5.32 Å². The lowest BCUT2D eigenvalue weighted by molar-refractivity contribution is 0.492. The van der Waals surface area contributed by atoms with Crippen LogP contribution in [-0.4, -0.2) is 5.54 Å². The first-order chi connectivity index (χ1) is 7.62. The summed E-state index contributed by atoms with van der Waals surface area (Å²) in [6, 6.07) is 8.45. The summed E-state index contributed by atoms with van der Waals surface area (Å²) in [7, 11) is 0. The Labute approximate surface area is 100 Å². The Kier molecular flexibility index (Phi) is 3.00. The average molecular weight is 229 g/mol. The van der Waals surface area contributed by atoms with Crippen molar-refractivity contribution in [3.63, 3.8) is 0 Å². The van der Waals surface area contributed by atoms with Gasteiger partial charge in [-0.05, 0) is 36.2 Å². The largest absolute Gasteiger partial charge is 0.297 e. The van der Waals surface area contributed by atoms with E-state index in [2.05, 4.69) is 40.9 Å². The number of terminal acetylenes is 1. The molecule has 0 unspecified atom stereocenters. The first kappa shape index (κ1) is 11.2. The van der Waals surface area contributed by atoms with Gasteiger partial charge in [0.05, 0.1) is 5.54 Å². The zero-order valence-corrected chi connectivity index (χ0v) is 10.4. The maximum Gasteiger partial charge on any atom is 0.0743 e. The highest BCUT2D eigenvalue weighted by atomic mass is 32.1. The lowest BCUT2D eigenvalue weighted by atomic mass is 10.1. The van der Waals surface area contributed by atoms with Crippen LogP contribution in [-0.2, 0) is 6.54 Å². The predicted octanol–water partition coefficient (Wildman–Crippen LogP) is 3.40. The van der Waals surface area contributed by atoms with Gasteiger partial charge >= 0.3 is 0 Å². The molecule has 0 radical (unpaired) electrons. The van der Waals surface area contributed by atoms with Crippen molar-refractivity contribution in [3.8, 4) is 12.3 Å². The molecular weight excluding hydrogens is 214 g/mol. The van der Waals surface area contributed by atoms with E-state index >= 15 is 0 Å². The van der Waals surface area contributed by atoms with Crippen molar-refractivity contribution in [2.45, 2.75) is 25.9 Å². The van der Waals surface area contributed by atoms with Crippen LogP contribution >= 0.6 is 11.3 Å². The smallest absolute Gasteiger partial charge is 0.0743 e. The zero-order chi connectivity index (χ0) is 11.6. The normalized spacial score (nSPS) is 11.6. The van der Waals surface area contributed by atoms with Crippen LogP contribution in [0.2, 0.25) is 0 Å². The SMILES string of the molecule is C#CC(C)(C)NCc1csc2ccccc12. The molecule has 1 heterocycles. The van der Waals surface area contributed by atoms with E-state index in [0.717, 1.165) is 6.54 Å². The molecular formula is C14H15NS. The van der Waals surface area contributed by atoms with E-state index in [9.17, 15) is 0 Å². The van der Waals surface area contributed by atoms with Gasteiger partial charge in [-0.2, -0.15) is 0 Å². The van der Waals surface area contributed by atoms with Gasteiger partial charge in [-0.3, -0.25) is 5.32 Å². The number of fused-ring (bicyclic) bond motifs is 1. The molecule has 0 bridgehead atoms. The molecule has 0 aliphatic heterocycles. The van der Waals surface area contributed by atoms with Crippen LogP contribution in [0.15, 0.2) is 29.6 Å². The van der Waals surface area contributed by atoms with Gasteiger partial charge in [0.25, 0.3) is 0 Å².